The minimum Gasteiger partial charge on any atom is -0.486 e. The van der Waals surface area contributed by atoms with E-state index in [1.165, 1.54) is 11.1 Å². The maximum Gasteiger partial charge on any atom is 0.191 e. The number of thioether (sulfide) groups is 1. The SMILES string of the molecule is Cn1c(COc2ccc(C(C)(C)C)cc2)nnc1SCc1ccc(Cl)cc1. The summed E-state index contributed by atoms with van der Waals surface area (Å²) in [6.07, 6.45) is 0. The molecule has 3 aromatic rings. The van der Waals surface area contributed by atoms with Gasteiger partial charge in [-0.15, -0.1) is 10.2 Å². The monoisotopic (exact) mass is 401 g/mol. The Hall–Kier alpha value is -1.98. The molecule has 4 nitrogen and oxygen atoms in total. The molecule has 0 radical (unpaired) electrons. The van der Waals surface area contributed by atoms with Crippen LogP contribution >= 0.6 is 23.4 Å². The van der Waals surface area contributed by atoms with Gasteiger partial charge in [0.25, 0.3) is 0 Å². The van der Waals surface area contributed by atoms with Crippen LogP contribution in [0.25, 0.3) is 0 Å². The van der Waals surface area contributed by atoms with Gasteiger partial charge in [-0.25, -0.2) is 0 Å². The van der Waals surface area contributed by atoms with E-state index in [-0.39, 0.29) is 5.41 Å². The minimum atomic E-state index is 0.137. The van der Waals surface area contributed by atoms with Crippen molar-refractivity contribution >= 4 is 23.4 Å². The summed E-state index contributed by atoms with van der Waals surface area (Å²) in [4.78, 5) is 0. The Morgan fingerprint density at radius 1 is 1.00 bits per heavy atom. The molecule has 0 amide bonds. The zero-order chi connectivity index (χ0) is 19.4. The van der Waals surface area contributed by atoms with Crippen molar-refractivity contribution in [2.75, 3.05) is 0 Å². The van der Waals surface area contributed by atoms with Gasteiger partial charge in [-0.1, -0.05) is 68.4 Å². The highest BCUT2D eigenvalue weighted by atomic mass is 35.5. The molecular formula is C21H24ClN3OS. The molecule has 2 aromatic carbocycles. The summed E-state index contributed by atoms with van der Waals surface area (Å²) in [6.45, 7) is 6.99. The predicted molar refractivity (Wildman–Crippen MR) is 111 cm³/mol. The minimum absolute atomic E-state index is 0.137. The molecule has 0 saturated heterocycles. The summed E-state index contributed by atoms with van der Waals surface area (Å²) in [7, 11) is 1.96. The van der Waals surface area contributed by atoms with E-state index in [0.717, 1.165) is 27.5 Å². The van der Waals surface area contributed by atoms with Crippen LogP contribution in [0.3, 0.4) is 0 Å². The molecule has 0 unspecified atom stereocenters. The van der Waals surface area contributed by atoms with Gasteiger partial charge in [0, 0.05) is 17.8 Å². The molecule has 0 aliphatic heterocycles. The lowest BCUT2D eigenvalue weighted by molar-refractivity contribution is 0.290. The van der Waals surface area contributed by atoms with Gasteiger partial charge < -0.3 is 9.30 Å². The van der Waals surface area contributed by atoms with Gasteiger partial charge in [-0.3, -0.25) is 0 Å². The number of halogens is 1. The molecule has 3 rings (SSSR count). The number of hydrogen-bond donors (Lipinski definition) is 0. The summed E-state index contributed by atoms with van der Waals surface area (Å²) in [5.41, 5.74) is 2.62. The second-order valence-corrected chi connectivity index (χ2v) is 8.81. The molecule has 0 atom stereocenters. The second-order valence-electron chi connectivity index (χ2n) is 7.44. The van der Waals surface area contributed by atoms with E-state index in [1.54, 1.807) is 11.8 Å². The van der Waals surface area contributed by atoms with Gasteiger partial charge in [0.15, 0.2) is 11.0 Å². The number of nitrogens with zero attached hydrogens (tertiary/aromatic N) is 3. The van der Waals surface area contributed by atoms with Crippen molar-refractivity contribution in [2.45, 2.75) is 43.7 Å². The highest BCUT2D eigenvalue weighted by Crippen LogP contribution is 2.25. The van der Waals surface area contributed by atoms with Gasteiger partial charge >= 0.3 is 0 Å². The van der Waals surface area contributed by atoms with Crippen LogP contribution in [-0.4, -0.2) is 14.8 Å². The Kier molecular flexibility index (Phi) is 6.12. The molecule has 0 N–H and O–H groups in total. The average Bonchev–Trinajstić information content (AvgIpc) is 2.99. The Morgan fingerprint density at radius 3 is 2.30 bits per heavy atom. The molecule has 0 bridgehead atoms. The summed E-state index contributed by atoms with van der Waals surface area (Å²) in [6, 6.07) is 16.1. The van der Waals surface area contributed by atoms with E-state index in [1.807, 2.05) is 48.0 Å². The second kappa shape index (κ2) is 8.36. The van der Waals surface area contributed by atoms with Crippen molar-refractivity contribution in [1.82, 2.24) is 14.8 Å². The molecule has 0 saturated carbocycles. The van der Waals surface area contributed by atoms with Crippen molar-refractivity contribution in [3.8, 4) is 5.75 Å². The fraction of sp³-hybridized carbons (Fsp3) is 0.333. The predicted octanol–water partition coefficient (Wildman–Crippen LogP) is 5.64. The van der Waals surface area contributed by atoms with Gasteiger partial charge in [-0.2, -0.15) is 0 Å². The number of aromatic nitrogens is 3. The van der Waals surface area contributed by atoms with Crippen LogP contribution in [0.15, 0.2) is 53.7 Å². The lowest BCUT2D eigenvalue weighted by Crippen LogP contribution is -2.10. The van der Waals surface area contributed by atoms with Crippen LogP contribution in [-0.2, 0) is 24.8 Å². The molecule has 0 aliphatic carbocycles. The van der Waals surface area contributed by atoms with Crippen LogP contribution in [0.5, 0.6) is 5.75 Å². The smallest absolute Gasteiger partial charge is 0.191 e. The Morgan fingerprint density at radius 2 is 1.67 bits per heavy atom. The number of rotatable bonds is 6. The first-order valence-corrected chi connectivity index (χ1v) is 10.2. The van der Waals surface area contributed by atoms with Gasteiger partial charge in [0.1, 0.15) is 12.4 Å². The van der Waals surface area contributed by atoms with Gasteiger partial charge in [0.2, 0.25) is 0 Å². The van der Waals surface area contributed by atoms with Crippen molar-refractivity contribution in [2.24, 2.45) is 7.05 Å². The number of ether oxygens (including phenoxy) is 1. The standard InChI is InChI=1S/C21H24ClN3OS/c1-21(2,3)16-7-11-18(12-8-16)26-13-19-23-24-20(25(19)4)27-14-15-5-9-17(22)10-6-15/h5-12H,13-14H2,1-4H3. The molecule has 1 aromatic heterocycles. The van der Waals surface area contributed by atoms with Gasteiger partial charge in [0.05, 0.1) is 0 Å². The first-order chi connectivity index (χ1) is 12.8. The van der Waals surface area contributed by atoms with Crippen molar-refractivity contribution in [3.05, 3.63) is 70.5 Å². The molecule has 0 aliphatic rings. The van der Waals surface area contributed by atoms with E-state index in [4.69, 9.17) is 16.3 Å². The van der Waals surface area contributed by atoms with E-state index in [9.17, 15) is 0 Å². The maximum atomic E-state index is 5.93. The largest absolute Gasteiger partial charge is 0.486 e. The highest BCUT2D eigenvalue weighted by Gasteiger charge is 2.14. The maximum absolute atomic E-state index is 5.93. The number of hydrogen-bond acceptors (Lipinski definition) is 4. The lowest BCUT2D eigenvalue weighted by atomic mass is 9.87. The Labute approximate surface area is 169 Å². The van der Waals surface area contributed by atoms with E-state index in [0.29, 0.717) is 6.61 Å². The number of benzene rings is 2. The summed E-state index contributed by atoms with van der Waals surface area (Å²) >= 11 is 7.57. The molecule has 0 fully saturated rings. The quantitative estimate of drug-likeness (QED) is 0.501. The Balaban J connectivity index is 1.57. The van der Waals surface area contributed by atoms with Crippen LogP contribution < -0.4 is 4.74 Å². The van der Waals surface area contributed by atoms with Crippen LogP contribution in [0.2, 0.25) is 5.02 Å². The molecule has 1 heterocycles. The molecular weight excluding hydrogens is 378 g/mol. The Bertz CT molecular complexity index is 883. The third-order valence-electron chi connectivity index (χ3n) is 4.29. The third kappa shape index (κ3) is 5.27. The van der Waals surface area contributed by atoms with Crippen molar-refractivity contribution in [3.63, 3.8) is 0 Å². The average molecular weight is 402 g/mol. The highest BCUT2D eigenvalue weighted by molar-refractivity contribution is 7.98. The zero-order valence-electron chi connectivity index (χ0n) is 16.1. The first kappa shape index (κ1) is 19.8. The van der Waals surface area contributed by atoms with Crippen LogP contribution in [0.1, 0.15) is 37.7 Å². The molecule has 27 heavy (non-hydrogen) atoms. The fourth-order valence-electron chi connectivity index (χ4n) is 2.52. The fourth-order valence-corrected chi connectivity index (χ4v) is 3.54. The molecule has 6 heteroatoms. The summed E-state index contributed by atoms with van der Waals surface area (Å²) in [5.74, 6) is 2.45. The van der Waals surface area contributed by atoms with Crippen LogP contribution in [0.4, 0.5) is 0 Å². The van der Waals surface area contributed by atoms with E-state index >= 15 is 0 Å². The topological polar surface area (TPSA) is 39.9 Å². The summed E-state index contributed by atoms with van der Waals surface area (Å²) in [5, 5.41) is 10.2. The van der Waals surface area contributed by atoms with E-state index in [2.05, 4.69) is 43.1 Å². The normalized spacial score (nSPS) is 11.6. The molecule has 142 valence electrons. The van der Waals surface area contributed by atoms with E-state index < -0.39 is 0 Å². The van der Waals surface area contributed by atoms with Crippen molar-refractivity contribution in [1.29, 1.82) is 0 Å². The van der Waals surface area contributed by atoms with Crippen molar-refractivity contribution < 1.29 is 4.74 Å². The zero-order valence-corrected chi connectivity index (χ0v) is 17.6. The third-order valence-corrected chi connectivity index (χ3v) is 5.64. The van der Waals surface area contributed by atoms with Gasteiger partial charge in [-0.05, 0) is 40.8 Å². The summed E-state index contributed by atoms with van der Waals surface area (Å²) < 4.78 is 7.86. The van der Waals surface area contributed by atoms with Crippen LogP contribution in [0, 0.1) is 0 Å². The first-order valence-electron chi connectivity index (χ1n) is 8.82. The molecule has 0 spiro atoms. The lowest BCUT2D eigenvalue weighted by Gasteiger charge is -2.19.